The summed E-state index contributed by atoms with van der Waals surface area (Å²) in [6.07, 6.45) is 1.99. The fourth-order valence-electron chi connectivity index (χ4n) is 3.73. The van der Waals surface area contributed by atoms with E-state index in [4.69, 9.17) is 11.6 Å². The SMILES string of the molecule is N/C(=C\N(N)c1ccc2c(c1)CN(C1CCC(=O)NC1=O)C2=O)c1ccccc1O. The number of carbonyl (C=O) groups is 3. The first kappa shape index (κ1) is 19.5. The maximum absolute atomic E-state index is 12.8. The van der Waals surface area contributed by atoms with Crippen molar-refractivity contribution in [1.29, 1.82) is 0 Å². The first-order valence-electron chi connectivity index (χ1n) is 9.42. The number of fused-ring (bicyclic) bond motifs is 1. The minimum absolute atomic E-state index is 0.0408. The van der Waals surface area contributed by atoms with Gasteiger partial charge in [-0.3, -0.25) is 24.7 Å². The number of aromatic hydroxyl groups is 1. The van der Waals surface area contributed by atoms with E-state index in [9.17, 15) is 19.5 Å². The highest BCUT2D eigenvalue weighted by molar-refractivity contribution is 6.05. The molecule has 2 aliphatic rings. The summed E-state index contributed by atoms with van der Waals surface area (Å²) in [7, 11) is 0. The van der Waals surface area contributed by atoms with E-state index in [1.54, 1.807) is 36.4 Å². The molecule has 154 valence electrons. The molecule has 4 rings (SSSR count). The molecule has 0 spiro atoms. The van der Waals surface area contributed by atoms with Crippen molar-refractivity contribution in [2.45, 2.75) is 25.4 Å². The van der Waals surface area contributed by atoms with Gasteiger partial charge >= 0.3 is 0 Å². The molecule has 30 heavy (non-hydrogen) atoms. The van der Waals surface area contributed by atoms with E-state index >= 15 is 0 Å². The van der Waals surface area contributed by atoms with Gasteiger partial charge in [0.1, 0.15) is 11.8 Å². The Balaban J connectivity index is 1.55. The molecule has 2 heterocycles. The van der Waals surface area contributed by atoms with Gasteiger partial charge in [0.15, 0.2) is 0 Å². The maximum Gasteiger partial charge on any atom is 0.255 e. The monoisotopic (exact) mass is 407 g/mol. The molecular formula is C21H21N5O4. The molecule has 1 atom stereocenters. The Bertz CT molecular complexity index is 1080. The summed E-state index contributed by atoms with van der Waals surface area (Å²) in [5, 5.41) is 13.5. The minimum atomic E-state index is -0.670. The van der Waals surface area contributed by atoms with Crippen LogP contribution in [0.4, 0.5) is 5.69 Å². The third-order valence-corrected chi connectivity index (χ3v) is 5.30. The lowest BCUT2D eigenvalue weighted by atomic mass is 10.0. The van der Waals surface area contributed by atoms with Gasteiger partial charge in [-0.25, -0.2) is 5.84 Å². The second-order valence-electron chi connectivity index (χ2n) is 7.25. The summed E-state index contributed by atoms with van der Waals surface area (Å²) in [5.41, 5.74) is 8.60. The third-order valence-electron chi connectivity index (χ3n) is 5.30. The fourth-order valence-corrected chi connectivity index (χ4v) is 3.73. The van der Waals surface area contributed by atoms with E-state index in [1.165, 1.54) is 22.2 Å². The van der Waals surface area contributed by atoms with Crippen LogP contribution in [-0.4, -0.2) is 33.8 Å². The third kappa shape index (κ3) is 3.46. The van der Waals surface area contributed by atoms with Crippen LogP contribution < -0.4 is 21.9 Å². The molecule has 3 amide bonds. The molecule has 1 fully saturated rings. The highest BCUT2D eigenvalue weighted by atomic mass is 16.3. The Kier molecular flexibility index (Phi) is 4.88. The van der Waals surface area contributed by atoms with Gasteiger partial charge < -0.3 is 15.7 Å². The molecule has 1 saturated heterocycles. The van der Waals surface area contributed by atoms with Gasteiger partial charge in [0, 0.05) is 30.3 Å². The molecule has 0 saturated carbocycles. The molecule has 0 aliphatic carbocycles. The quantitative estimate of drug-likeness (QED) is 0.333. The van der Waals surface area contributed by atoms with Gasteiger partial charge in [-0.2, -0.15) is 0 Å². The number of hydrazine groups is 1. The number of para-hydroxylation sites is 1. The van der Waals surface area contributed by atoms with E-state index in [-0.39, 0.29) is 36.2 Å². The van der Waals surface area contributed by atoms with Gasteiger partial charge in [-0.15, -0.1) is 0 Å². The molecule has 0 radical (unpaired) electrons. The molecule has 1 unspecified atom stereocenters. The van der Waals surface area contributed by atoms with Crippen molar-refractivity contribution in [1.82, 2.24) is 10.2 Å². The molecule has 6 N–H and O–H groups in total. The zero-order valence-electron chi connectivity index (χ0n) is 16.0. The molecular weight excluding hydrogens is 386 g/mol. The average Bonchev–Trinajstić information content (AvgIpc) is 3.04. The number of nitrogens with zero attached hydrogens (tertiary/aromatic N) is 2. The number of carbonyl (C=O) groups excluding carboxylic acids is 3. The number of hydrogen-bond donors (Lipinski definition) is 4. The minimum Gasteiger partial charge on any atom is -0.507 e. The van der Waals surface area contributed by atoms with Gasteiger partial charge in [0.05, 0.1) is 11.4 Å². The van der Waals surface area contributed by atoms with E-state index in [0.29, 0.717) is 23.2 Å². The Morgan fingerprint density at radius 2 is 1.97 bits per heavy atom. The Hall–Kier alpha value is -3.85. The average molecular weight is 407 g/mol. The van der Waals surface area contributed by atoms with Crippen LogP contribution in [0.1, 0.15) is 34.3 Å². The van der Waals surface area contributed by atoms with Crippen molar-refractivity contribution < 1.29 is 19.5 Å². The van der Waals surface area contributed by atoms with Crippen LogP contribution in [0.2, 0.25) is 0 Å². The van der Waals surface area contributed by atoms with Crippen molar-refractivity contribution in [3.63, 3.8) is 0 Å². The Labute approximate surface area is 172 Å². The van der Waals surface area contributed by atoms with Crippen LogP contribution in [-0.2, 0) is 16.1 Å². The summed E-state index contributed by atoms with van der Waals surface area (Å²) in [6, 6.07) is 11.1. The van der Waals surface area contributed by atoms with Crippen LogP contribution in [0.3, 0.4) is 0 Å². The highest BCUT2D eigenvalue weighted by Crippen LogP contribution is 2.30. The van der Waals surface area contributed by atoms with E-state index in [0.717, 1.165) is 5.56 Å². The number of hydrogen-bond acceptors (Lipinski definition) is 7. The lowest BCUT2D eigenvalue weighted by Crippen LogP contribution is -2.52. The van der Waals surface area contributed by atoms with Crippen LogP contribution in [0.5, 0.6) is 5.75 Å². The zero-order valence-corrected chi connectivity index (χ0v) is 16.0. The maximum atomic E-state index is 12.8. The number of nitrogens with two attached hydrogens (primary N) is 2. The first-order chi connectivity index (χ1) is 14.3. The highest BCUT2D eigenvalue weighted by Gasteiger charge is 2.39. The summed E-state index contributed by atoms with van der Waals surface area (Å²) >= 11 is 0. The molecule has 0 bridgehead atoms. The van der Waals surface area contributed by atoms with Crippen molar-refractivity contribution in [2.75, 3.05) is 5.01 Å². The van der Waals surface area contributed by atoms with Gasteiger partial charge in [0.2, 0.25) is 11.8 Å². The lowest BCUT2D eigenvalue weighted by Gasteiger charge is -2.29. The smallest absolute Gasteiger partial charge is 0.255 e. The Morgan fingerprint density at radius 1 is 1.20 bits per heavy atom. The zero-order chi connectivity index (χ0) is 21.4. The number of benzene rings is 2. The second-order valence-corrected chi connectivity index (χ2v) is 7.25. The summed E-state index contributed by atoms with van der Waals surface area (Å²) in [4.78, 5) is 37.8. The standard InChI is InChI=1S/C21H21N5O4/c22-16(15-3-1-2-4-18(15)27)11-26(23)13-5-6-14-12(9-13)10-25(21(14)30)17-7-8-19(28)24-20(17)29/h1-6,9,11,17,27H,7-8,10,22-23H2,(H,24,28,29)/b16-11-. The van der Waals surface area contributed by atoms with E-state index < -0.39 is 11.9 Å². The van der Waals surface area contributed by atoms with Crippen molar-refractivity contribution in [2.24, 2.45) is 11.6 Å². The topological polar surface area (TPSA) is 142 Å². The molecule has 0 aromatic heterocycles. The number of phenolic OH excluding ortho intramolecular Hbond substituents is 1. The fraction of sp³-hybridized carbons (Fsp3) is 0.190. The molecule has 9 heteroatoms. The lowest BCUT2D eigenvalue weighted by molar-refractivity contribution is -0.136. The number of nitrogens with one attached hydrogen (secondary N) is 1. The van der Waals surface area contributed by atoms with Crippen LogP contribution in [0, 0.1) is 0 Å². The summed E-state index contributed by atoms with van der Waals surface area (Å²) in [6.45, 7) is 0.251. The van der Waals surface area contributed by atoms with E-state index in [2.05, 4.69) is 5.32 Å². The van der Waals surface area contributed by atoms with Crippen LogP contribution in [0.25, 0.3) is 5.70 Å². The normalized spacial score (nSPS) is 19.0. The first-order valence-corrected chi connectivity index (χ1v) is 9.42. The number of phenols is 1. The number of piperidine rings is 1. The van der Waals surface area contributed by atoms with Crippen molar-refractivity contribution in [3.8, 4) is 5.75 Å². The predicted octanol–water partition coefficient (Wildman–Crippen LogP) is 0.791. The molecule has 9 nitrogen and oxygen atoms in total. The number of anilines is 1. The number of amides is 3. The number of imide groups is 1. The molecule has 2 aromatic rings. The van der Waals surface area contributed by atoms with Crippen LogP contribution in [0.15, 0.2) is 48.7 Å². The van der Waals surface area contributed by atoms with Crippen molar-refractivity contribution in [3.05, 3.63) is 65.4 Å². The summed E-state index contributed by atoms with van der Waals surface area (Å²) in [5.74, 6) is 5.14. The predicted molar refractivity (Wildman–Crippen MR) is 109 cm³/mol. The van der Waals surface area contributed by atoms with Gasteiger partial charge in [0.25, 0.3) is 5.91 Å². The second kappa shape index (κ2) is 7.53. The molecule has 2 aliphatic heterocycles. The van der Waals surface area contributed by atoms with Crippen molar-refractivity contribution >= 4 is 29.1 Å². The van der Waals surface area contributed by atoms with Crippen LogP contribution >= 0.6 is 0 Å². The number of rotatable bonds is 4. The van der Waals surface area contributed by atoms with E-state index in [1.807, 2.05) is 0 Å². The molecule has 2 aromatic carbocycles. The van der Waals surface area contributed by atoms with Gasteiger partial charge in [-0.05, 0) is 42.3 Å². The largest absolute Gasteiger partial charge is 0.507 e. The summed E-state index contributed by atoms with van der Waals surface area (Å²) < 4.78 is 0. The van der Waals surface area contributed by atoms with Gasteiger partial charge in [-0.1, -0.05) is 12.1 Å². The Morgan fingerprint density at radius 3 is 2.70 bits per heavy atom.